The van der Waals surface area contributed by atoms with Gasteiger partial charge in [0.15, 0.2) is 0 Å². The molecular formula is C19H18F3IN2O. The van der Waals surface area contributed by atoms with E-state index < -0.39 is 17.6 Å². The lowest BCUT2D eigenvalue weighted by atomic mass is 9.93. The van der Waals surface area contributed by atoms with E-state index in [1.54, 1.807) is 12.1 Å². The monoisotopic (exact) mass is 474 g/mol. The van der Waals surface area contributed by atoms with Gasteiger partial charge in [0.25, 0.3) is 5.91 Å². The Bertz CT molecular complexity index is 851. The molecule has 1 heterocycles. The minimum atomic E-state index is -4.46. The van der Waals surface area contributed by atoms with Crippen LogP contribution in [0, 0.1) is 10.5 Å². The summed E-state index contributed by atoms with van der Waals surface area (Å²) in [5.74, 6) is -0.412. The fourth-order valence-electron chi connectivity index (χ4n) is 2.97. The summed E-state index contributed by atoms with van der Waals surface area (Å²) in [6, 6.07) is 8.82. The number of hydrogen-bond acceptors (Lipinski definition) is 2. The molecule has 1 fully saturated rings. The summed E-state index contributed by atoms with van der Waals surface area (Å²) in [6.45, 7) is 2.82. The van der Waals surface area contributed by atoms with E-state index in [0.29, 0.717) is 11.1 Å². The lowest BCUT2D eigenvalue weighted by Crippen LogP contribution is -2.37. The average Bonchev–Trinajstić information content (AvgIpc) is 2.56. The Morgan fingerprint density at radius 1 is 1.23 bits per heavy atom. The number of nitrogens with one attached hydrogen (secondary N) is 1. The molecule has 1 N–H and O–H groups in total. The zero-order chi connectivity index (χ0) is 19.1. The molecule has 0 radical (unpaired) electrons. The van der Waals surface area contributed by atoms with Crippen LogP contribution in [0.1, 0.15) is 39.5 Å². The lowest BCUT2D eigenvalue weighted by Gasteiger charge is -2.39. The highest BCUT2D eigenvalue weighted by Gasteiger charge is 2.34. The number of anilines is 1. The highest BCUT2D eigenvalue weighted by Crippen LogP contribution is 2.39. The summed E-state index contributed by atoms with van der Waals surface area (Å²) in [5.41, 5.74) is 1.62. The second-order valence-electron chi connectivity index (χ2n) is 6.50. The Kier molecular flexibility index (Phi) is 5.30. The highest BCUT2D eigenvalue weighted by atomic mass is 127. The Hall–Kier alpha value is -1.61. The van der Waals surface area contributed by atoms with Crippen molar-refractivity contribution in [3.63, 3.8) is 0 Å². The number of alkyl halides is 3. The number of benzene rings is 2. The molecule has 0 aliphatic carbocycles. The van der Waals surface area contributed by atoms with Gasteiger partial charge in [-0.05, 0) is 78.4 Å². The summed E-state index contributed by atoms with van der Waals surface area (Å²) < 4.78 is 40.2. The van der Waals surface area contributed by atoms with E-state index in [0.717, 1.165) is 34.2 Å². The Balaban J connectivity index is 1.95. The van der Waals surface area contributed by atoms with E-state index in [-0.39, 0.29) is 11.7 Å². The van der Waals surface area contributed by atoms with E-state index in [2.05, 4.69) is 27.9 Å². The smallest absolute Gasteiger partial charge is 0.322 e. The first-order chi connectivity index (χ1) is 12.2. The third-order valence-corrected chi connectivity index (χ3v) is 5.87. The molecule has 1 unspecified atom stereocenters. The average molecular weight is 474 g/mol. The molecular weight excluding hydrogens is 456 g/mol. The fraction of sp³-hybridized carbons (Fsp3) is 0.316. The van der Waals surface area contributed by atoms with Crippen molar-refractivity contribution >= 4 is 34.2 Å². The quantitative estimate of drug-likeness (QED) is 0.617. The van der Waals surface area contributed by atoms with Crippen molar-refractivity contribution < 1.29 is 18.0 Å². The van der Waals surface area contributed by atoms with Gasteiger partial charge in [0, 0.05) is 27.4 Å². The SMILES string of the molecule is Cc1ccc(C(=O)Nc2cc(C(F)(F)F)ccc2C2CCN2C)cc1I. The molecule has 0 aromatic heterocycles. The van der Waals surface area contributed by atoms with Gasteiger partial charge in [0.2, 0.25) is 0 Å². The fourth-order valence-corrected chi connectivity index (χ4v) is 3.48. The first-order valence-electron chi connectivity index (χ1n) is 8.15. The van der Waals surface area contributed by atoms with Crippen molar-refractivity contribution in [1.29, 1.82) is 0 Å². The van der Waals surface area contributed by atoms with Crippen LogP contribution in [0.3, 0.4) is 0 Å². The normalized spacial score (nSPS) is 17.7. The van der Waals surface area contributed by atoms with Gasteiger partial charge in [-0.15, -0.1) is 0 Å². The lowest BCUT2D eigenvalue weighted by molar-refractivity contribution is -0.137. The van der Waals surface area contributed by atoms with Crippen LogP contribution in [0.15, 0.2) is 36.4 Å². The van der Waals surface area contributed by atoms with Gasteiger partial charge < -0.3 is 5.32 Å². The number of carbonyl (C=O) groups is 1. The molecule has 1 amide bonds. The zero-order valence-electron chi connectivity index (χ0n) is 14.3. The van der Waals surface area contributed by atoms with Crippen molar-refractivity contribution in [3.8, 4) is 0 Å². The predicted octanol–water partition coefficient (Wildman–Crippen LogP) is 5.25. The number of rotatable bonds is 3. The number of likely N-dealkylation sites (tertiary alicyclic amines) is 1. The molecule has 2 aromatic carbocycles. The summed E-state index contributed by atoms with van der Waals surface area (Å²) in [7, 11) is 1.92. The molecule has 3 rings (SSSR count). The molecule has 26 heavy (non-hydrogen) atoms. The molecule has 138 valence electrons. The van der Waals surface area contributed by atoms with E-state index in [9.17, 15) is 18.0 Å². The molecule has 0 saturated carbocycles. The second kappa shape index (κ2) is 7.19. The van der Waals surface area contributed by atoms with Crippen molar-refractivity contribution in [2.75, 3.05) is 18.9 Å². The minimum absolute atomic E-state index is 0.0192. The molecule has 1 atom stereocenters. The van der Waals surface area contributed by atoms with Gasteiger partial charge >= 0.3 is 6.18 Å². The van der Waals surface area contributed by atoms with Gasteiger partial charge in [-0.25, -0.2) is 0 Å². The number of hydrogen-bond donors (Lipinski definition) is 1. The molecule has 1 aliphatic heterocycles. The van der Waals surface area contributed by atoms with E-state index in [1.807, 2.05) is 24.9 Å². The summed E-state index contributed by atoms with van der Waals surface area (Å²) >= 11 is 2.13. The maximum atomic E-state index is 13.1. The van der Waals surface area contributed by atoms with Gasteiger partial charge in [-0.2, -0.15) is 13.2 Å². The molecule has 0 spiro atoms. The minimum Gasteiger partial charge on any atom is -0.322 e. The summed E-state index contributed by atoms with van der Waals surface area (Å²) in [6.07, 6.45) is -3.60. The predicted molar refractivity (Wildman–Crippen MR) is 103 cm³/mol. The van der Waals surface area contributed by atoms with Crippen LogP contribution in [-0.2, 0) is 6.18 Å². The number of carbonyl (C=O) groups excluding carboxylic acids is 1. The third kappa shape index (κ3) is 3.88. The molecule has 0 bridgehead atoms. The van der Waals surface area contributed by atoms with Crippen LogP contribution in [-0.4, -0.2) is 24.4 Å². The standard InChI is InChI=1S/C19H18F3IN2O/c1-11-3-4-12(9-15(11)23)18(26)24-16-10-13(19(20,21)22)5-6-14(16)17-7-8-25(17)2/h3-6,9-10,17H,7-8H2,1-2H3,(H,24,26). The van der Waals surface area contributed by atoms with Crippen molar-refractivity contribution in [2.45, 2.75) is 25.6 Å². The zero-order valence-corrected chi connectivity index (χ0v) is 16.5. The number of amides is 1. The van der Waals surface area contributed by atoms with Crippen LogP contribution in [0.4, 0.5) is 18.9 Å². The first kappa shape index (κ1) is 19.2. The topological polar surface area (TPSA) is 32.3 Å². The third-order valence-electron chi connectivity index (χ3n) is 4.71. The molecule has 2 aromatic rings. The second-order valence-corrected chi connectivity index (χ2v) is 7.67. The Labute approximate surface area is 163 Å². The van der Waals surface area contributed by atoms with Gasteiger partial charge in [0.1, 0.15) is 0 Å². The van der Waals surface area contributed by atoms with Crippen molar-refractivity contribution in [3.05, 3.63) is 62.2 Å². The number of aryl methyl sites for hydroxylation is 1. The molecule has 3 nitrogen and oxygen atoms in total. The summed E-state index contributed by atoms with van der Waals surface area (Å²) in [4.78, 5) is 14.6. The maximum Gasteiger partial charge on any atom is 0.416 e. The van der Waals surface area contributed by atoms with Gasteiger partial charge in [-0.1, -0.05) is 12.1 Å². The van der Waals surface area contributed by atoms with Gasteiger partial charge in [-0.3, -0.25) is 9.69 Å². The number of halogens is 4. The van der Waals surface area contributed by atoms with Crippen LogP contribution in [0.5, 0.6) is 0 Å². The van der Waals surface area contributed by atoms with Crippen LogP contribution >= 0.6 is 22.6 Å². The largest absolute Gasteiger partial charge is 0.416 e. The molecule has 7 heteroatoms. The molecule has 1 saturated heterocycles. The number of nitrogens with zero attached hydrogens (tertiary/aromatic N) is 1. The van der Waals surface area contributed by atoms with Crippen LogP contribution < -0.4 is 5.32 Å². The first-order valence-corrected chi connectivity index (χ1v) is 9.23. The van der Waals surface area contributed by atoms with E-state index in [4.69, 9.17) is 0 Å². The van der Waals surface area contributed by atoms with Crippen molar-refractivity contribution in [2.24, 2.45) is 0 Å². The van der Waals surface area contributed by atoms with E-state index >= 15 is 0 Å². The van der Waals surface area contributed by atoms with Crippen LogP contribution in [0.2, 0.25) is 0 Å². The molecule has 1 aliphatic rings. The Morgan fingerprint density at radius 3 is 2.50 bits per heavy atom. The van der Waals surface area contributed by atoms with Crippen molar-refractivity contribution in [1.82, 2.24) is 4.90 Å². The van der Waals surface area contributed by atoms with Gasteiger partial charge in [0.05, 0.1) is 5.56 Å². The Morgan fingerprint density at radius 2 is 1.96 bits per heavy atom. The van der Waals surface area contributed by atoms with Crippen LogP contribution in [0.25, 0.3) is 0 Å². The maximum absolute atomic E-state index is 13.1. The summed E-state index contributed by atoms with van der Waals surface area (Å²) in [5, 5.41) is 2.69. The highest BCUT2D eigenvalue weighted by molar-refractivity contribution is 14.1. The van der Waals surface area contributed by atoms with E-state index in [1.165, 1.54) is 6.07 Å².